The zero-order valence-electron chi connectivity index (χ0n) is 14.8. The predicted molar refractivity (Wildman–Crippen MR) is 101 cm³/mol. The van der Waals surface area contributed by atoms with Gasteiger partial charge in [0, 0.05) is 18.9 Å². The fourth-order valence-corrected chi connectivity index (χ4v) is 3.36. The molecule has 26 heavy (non-hydrogen) atoms. The summed E-state index contributed by atoms with van der Waals surface area (Å²) >= 11 is 1.43. The molecular weight excluding hydrogens is 352 g/mol. The summed E-state index contributed by atoms with van der Waals surface area (Å²) in [7, 11) is 0. The lowest BCUT2D eigenvalue weighted by molar-refractivity contribution is 0.107. The second-order valence-electron chi connectivity index (χ2n) is 6.13. The Bertz CT molecular complexity index is 870. The van der Waals surface area contributed by atoms with Crippen LogP contribution in [-0.4, -0.2) is 42.8 Å². The molecule has 0 amide bonds. The smallest absolute Gasteiger partial charge is 0.225 e. The predicted octanol–water partition coefficient (Wildman–Crippen LogP) is 1.92. The van der Waals surface area contributed by atoms with Crippen LogP contribution in [0.3, 0.4) is 0 Å². The first-order valence-corrected chi connectivity index (χ1v) is 9.16. The Balaban J connectivity index is 1.91. The molecule has 0 bridgehead atoms. The zero-order valence-corrected chi connectivity index (χ0v) is 15.7. The minimum absolute atomic E-state index is 0.0590. The van der Waals surface area contributed by atoms with Crippen LogP contribution in [0.25, 0.3) is 10.3 Å². The molecule has 138 valence electrons. The van der Waals surface area contributed by atoms with Crippen molar-refractivity contribution in [1.29, 1.82) is 0 Å². The van der Waals surface area contributed by atoms with Gasteiger partial charge in [0.1, 0.15) is 11.9 Å². The molecule has 3 heterocycles. The third-order valence-corrected chi connectivity index (χ3v) is 4.77. The second-order valence-corrected chi connectivity index (χ2v) is 7.33. The number of hydrogen-bond acceptors (Lipinski definition) is 9. The van der Waals surface area contributed by atoms with Crippen molar-refractivity contribution >= 4 is 27.6 Å². The Morgan fingerprint density at radius 1 is 1.19 bits per heavy atom. The van der Waals surface area contributed by atoms with E-state index in [1.165, 1.54) is 11.3 Å². The molecule has 0 aromatic carbocycles. The topological polar surface area (TPSA) is 116 Å². The molecule has 0 aliphatic rings. The van der Waals surface area contributed by atoms with Gasteiger partial charge in [-0.3, -0.25) is 10.3 Å². The van der Waals surface area contributed by atoms with Gasteiger partial charge in [-0.2, -0.15) is 4.98 Å². The zero-order chi connectivity index (χ0) is 18.7. The van der Waals surface area contributed by atoms with E-state index in [0.717, 1.165) is 15.3 Å². The van der Waals surface area contributed by atoms with Crippen LogP contribution in [0.2, 0.25) is 0 Å². The highest BCUT2D eigenvalue weighted by Gasteiger charge is 2.19. The maximum atomic E-state index is 10.5. The lowest BCUT2D eigenvalue weighted by Gasteiger charge is -2.17. The molecule has 0 aliphatic heterocycles. The monoisotopic (exact) mass is 374 g/mol. The van der Waals surface area contributed by atoms with Gasteiger partial charge in [-0.1, -0.05) is 6.07 Å². The van der Waals surface area contributed by atoms with Gasteiger partial charge in [0.05, 0.1) is 21.9 Å². The summed E-state index contributed by atoms with van der Waals surface area (Å²) in [6.07, 6.45) is 1.90. The highest BCUT2D eigenvalue weighted by Crippen LogP contribution is 2.28. The molecule has 3 rings (SSSR count). The van der Waals surface area contributed by atoms with Gasteiger partial charge >= 0.3 is 0 Å². The standard InChI is InChI=1S/C17H22N6O2S/c1-9(24)7-19-16(25)13-14-15(21-11(3)26-14)23-17(22-13)20-10(2)12-5-4-6-18-8-12/h4-6,8-10,16,19,24-25H,7H2,1-3H3,(H,20,22,23)/t9-,10-,16?/m0/s1. The molecule has 3 aromatic heterocycles. The first-order valence-electron chi connectivity index (χ1n) is 8.35. The van der Waals surface area contributed by atoms with Crippen LogP contribution in [0.5, 0.6) is 0 Å². The van der Waals surface area contributed by atoms with Crippen LogP contribution in [0.4, 0.5) is 5.95 Å². The third-order valence-electron chi connectivity index (χ3n) is 3.78. The Morgan fingerprint density at radius 3 is 2.69 bits per heavy atom. The van der Waals surface area contributed by atoms with Crippen molar-refractivity contribution in [3.05, 3.63) is 40.8 Å². The van der Waals surface area contributed by atoms with Gasteiger partial charge in [0.15, 0.2) is 5.65 Å². The molecule has 1 unspecified atom stereocenters. The van der Waals surface area contributed by atoms with Crippen molar-refractivity contribution < 1.29 is 10.2 Å². The van der Waals surface area contributed by atoms with Crippen molar-refractivity contribution in [3.63, 3.8) is 0 Å². The van der Waals surface area contributed by atoms with E-state index in [1.54, 1.807) is 19.3 Å². The molecule has 0 saturated heterocycles. The molecule has 0 radical (unpaired) electrons. The number of nitrogens with one attached hydrogen (secondary N) is 2. The number of fused-ring (bicyclic) bond motifs is 1. The SMILES string of the molecule is Cc1nc2nc(N[C@@H](C)c3cccnc3)nc(C(O)NC[C@H](C)O)c2s1. The highest BCUT2D eigenvalue weighted by atomic mass is 32.1. The Labute approximate surface area is 155 Å². The summed E-state index contributed by atoms with van der Waals surface area (Å²) in [5.74, 6) is 0.382. The van der Waals surface area contributed by atoms with Crippen molar-refractivity contribution in [1.82, 2.24) is 25.3 Å². The van der Waals surface area contributed by atoms with Crippen LogP contribution >= 0.6 is 11.3 Å². The number of hydrogen-bond donors (Lipinski definition) is 4. The number of aliphatic hydroxyl groups excluding tert-OH is 2. The highest BCUT2D eigenvalue weighted by molar-refractivity contribution is 7.18. The average molecular weight is 374 g/mol. The molecule has 9 heteroatoms. The van der Waals surface area contributed by atoms with Gasteiger partial charge in [0.25, 0.3) is 0 Å². The molecule has 8 nitrogen and oxygen atoms in total. The van der Waals surface area contributed by atoms with E-state index in [-0.39, 0.29) is 12.6 Å². The third kappa shape index (κ3) is 4.31. The molecule has 0 aliphatic carbocycles. The maximum Gasteiger partial charge on any atom is 0.225 e. The summed E-state index contributed by atoms with van der Waals surface area (Å²) in [5.41, 5.74) is 1.98. The first-order chi connectivity index (χ1) is 12.4. The van der Waals surface area contributed by atoms with Crippen molar-refractivity contribution in [2.75, 3.05) is 11.9 Å². The van der Waals surface area contributed by atoms with Crippen LogP contribution in [-0.2, 0) is 0 Å². The second kappa shape index (κ2) is 8.00. The van der Waals surface area contributed by atoms with E-state index in [2.05, 4.69) is 30.6 Å². The van der Waals surface area contributed by atoms with E-state index in [1.807, 2.05) is 26.0 Å². The summed E-state index contributed by atoms with van der Waals surface area (Å²) in [4.78, 5) is 17.5. The molecule has 0 fully saturated rings. The summed E-state index contributed by atoms with van der Waals surface area (Å²) in [6.45, 7) is 5.77. The van der Waals surface area contributed by atoms with E-state index in [0.29, 0.717) is 17.3 Å². The van der Waals surface area contributed by atoms with Crippen LogP contribution < -0.4 is 10.6 Å². The number of aliphatic hydroxyl groups is 2. The molecule has 0 saturated carbocycles. The van der Waals surface area contributed by atoms with Crippen molar-refractivity contribution in [3.8, 4) is 0 Å². The lowest BCUT2D eigenvalue weighted by Crippen LogP contribution is -2.29. The van der Waals surface area contributed by atoms with Crippen LogP contribution in [0, 0.1) is 6.92 Å². The number of pyridine rings is 1. The van der Waals surface area contributed by atoms with Gasteiger partial charge in [0.2, 0.25) is 5.95 Å². The van der Waals surface area contributed by atoms with Crippen LogP contribution in [0.15, 0.2) is 24.5 Å². The lowest BCUT2D eigenvalue weighted by atomic mass is 10.1. The fraction of sp³-hybridized carbons (Fsp3) is 0.412. The fourth-order valence-electron chi connectivity index (χ4n) is 2.49. The number of aromatic nitrogens is 4. The van der Waals surface area contributed by atoms with E-state index >= 15 is 0 Å². The van der Waals surface area contributed by atoms with E-state index in [4.69, 9.17) is 0 Å². The van der Waals surface area contributed by atoms with Gasteiger partial charge in [-0.25, -0.2) is 9.97 Å². The summed E-state index contributed by atoms with van der Waals surface area (Å²) in [6, 6.07) is 3.78. The molecule has 3 atom stereocenters. The van der Waals surface area contributed by atoms with Gasteiger partial charge in [-0.15, -0.1) is 11.3 Å². The number of rotatable bonds is 7. The number of anilines is 1. The number of thiazole rings is 1. The molecule has 3 aromatic rings. The normalized spacial score (nSPS) is 15.0. The number of aryl methyl sites for hydroxylation is 1. The first kappa shape index (κ1) is 18.6. The van der Waals surface area contributed by atoms with Crippen molar-refractivity contribution in [2.24, 2.45) is 0 Å². The summed E-state index contributed by atoms with van der Waals surface area (Å²) < 4.78 is 0.729. The minimum atomic E-state index is -1.02. The maximum absolute atomic E-state index is 10.5. The van der Waals surface area contributed by atoms with E-state index < -0.39 is 12.3 Å². The Kier molecular flexibility index (Phi) is 5.72. The average Bonchev–Trinajstić information content (AvgIpc) is 2.99. The number of nitrogens with zero attached hydrogens (tertiary/aromatic N) is 4. The van der Waals surface area contributed by atoms with Crippen LogP contribution in [0.1, 0.15) is 42.4 Å². The minimum Gasteiger partial charge on any atom is -0.392 e. The van der Waals surface area contributed by atoms with Crippen molar-refractivity contribution in [2.45, 2.75) is 39.1 Å². The summed E-state index contributed by atoms with van der Waals surface area (Å²) in [5, 5.41) is 26.9. The Hall–Kier alpha value is -2.20. The Morgan fingerprint density at radius 2 is 2.00 bits per heavy atom. The van der Waals surface area contributed by atoms with E-state index in [9.17, 15) is 10.2 Å². The van der Waals surface area contributed by atoms with Gasteiger partial charge in [-0.05, 0) is 32.4 Å². The molecule has 4 N–H and O–H groups in total. The largest absolute Gasteiger partial charge is 0.392 e. The molecule has 0 spiro atoms. The van der Waals surface area contributed by atoms with Gasteiger partial charge < -0.3 is 15.5 Å². The molecular formula is C17H22N6O2S. The quantitative estimate of drug-likeness (QED) is 0.464.